The highest BCUT2D eigenvalue weighted by Crippen LogP contribution is 2.19. The van der Waals surface area contributed by atoms with Crippen LogP contribution in [-0.4, -0.2) is 77.4 Å². The average molecular weight is 285 g/mol. The zero-order chi connectivity index (χ0) is 14.7. The molecule has 2 heterocycles. The quantitative estimate of drug-likeness (QED) is 0.653. The topological polar surface area (TPSA) is 93.1 Å². The summed E-state index contributed by atoms with van der Waals surface area (Å²) in [5.41, 5.74) is 0. The van der Waals surface area contributed by atoms with E-state index in [0.717, 1.165) is 25.9 Å². The first-order chi connectivity index (χ1) is 9.47. The molecule has 2 aliphatic rings. The standard InChI is InChI=1S/C13H23N3O4/c1-15-4-2-3-9(7-15)6-14-13(20)16-8-10(17)5-11(16)12(18)19/h9-11,17H,2-8H2,1H3,(H,14,20)(H,18,19)/t9?,10-,11-/m0/s1. The summed E-state index contributed by atoms with van der Waals surface area (Å²) in [7, 11) is 2.06. The SMILES string of the molecule is CN1CCCC(CNC(=O)N2C[C@@H](O)C[C@H]2C(=O)O)C1. The van der Waals surface area contributed by atoms with Crippen molar-refractivity contribution in [2.75, 3.05) is 33.2 Å². The van der Waals surface area contributed by atoms with E-state index >= 15 is 0 Å². The molecule has 0 spiro atoms. The molecular formula is C13H23N3O4. The van der Waals surface area contributed by atoms with Gasteiger partial charge in [-0.15, -0.1) is 0 Å². The Balaban J connectivity index is 1.83. The first-order valence-electron chi connectivity index (χ1n) is 7.11. The second-order valence-electron chi connectivity index (χ2n) is 5.85. The number of urea groups is 1. The van der Waals surface area contributed by atoms with Crippen LogP contribution >= 0.6 is 0 Å². The maximum atomic E-state index is 12.1. The Hall–Kier alpha value is -1.34. The van der Waals surface area contributed by atoms with Crippen molar-refractivity contribution in [1.29, 1.82) is 0 Å². The lowest BCUT2D eigenvalue weighted by Gasteiger charge is -2.30. The molecule has 0 aliphatic carbocycles. The highest BCUT2D eigenvalue weighted by atomic mass is 16.4. The summed E-state index contributed by atoms with van der Waals surface area (Å²) in [5.74, 6) is -0.650. The molecule has 0 radical (unpaired) electrons. The fraction of sp³-hybridized carbons (Fsp3) is 0.846. The van der Waals surface area contributed by atoms with Crippen LogP contribution in [0, 0.1) is 5.92 Å². The fourth-order valence-electron chi connectivity index (χ4n) is 3.05. The van der Waals surface area contributed by atoms with E-state index < -0.39 is 18.1 Å². The molecule has 2 amide bonds. The van der Waals surface area contributed by atoms with Crippen molar-refractivity contribution in [3.8, 4) is 0 Å². The van der Waals surface area contributed by atoms with Crippen molar-refractivity contribution >= 4 is 12.0 Å². The van der Waals surface area contributed by atoms with E-state index in [9.17, 15) is 14.7 Å². The Kier molecular flexibility index (Phi) is 4.82. The van der Waals surface area contributed by atoms with Gasteiger partial charge in [-0.2, -0.15) is 0 Å². The summed E-state index contributed by atoms with van der Waals surface area (Å²) in [6.45, 7) is 2.69. The van der Waals surface area contributed by atoms with Gasteiger partial charge in [0.25, 0.3) is 0 Å². The molecule has 2 saturated heterocycles. The van der Waals surface area contributed by atoms with Gasteiger partial charge in [0.1, 0.15) is 6.04 Å². The normalized spacial score (nSPS) is 31.3. The molecule has 20 heavy (non-hydrogen) atoms. The number of carboxylic acids is 1. The number of rotatable bonds is 3. The van der Waals surface area contributed by atoms with Crippen molar-refractivity contribution in [3.63, 3.8) is 0 Å². The molecule has 1 unspecified atom stereocenters. The maximum absolute atomic E-state index is 12.1. The van der Waals surface area contributed by atoms with Crippen LogP contribution in [0.4, 0.5) is 4.79 Å². The number of carbonyl (C=O) groups is 2. The first-order valence-corrected chi connectivity index (χ1v) is 7.11. The molecule has 114 valence electrons. The Morgan fingerprint density at radius 1 is 1.35 bits per heavy atom. The third kappa shape index (κ3) is 3.61. The maximum Gasteiger partial charge on any atom is 0.326 e. The second kappa shape index (κ2) is 6.41. The average Bonchev–Trinajstić information content (AvgIpc) is 2.78. The van der Waals surface area contributed by atoms with Crippen LogP contribution in [-0.2, 0) is 4.79 Å². The molecule has 0 saturated carbocycles. The van der Waals surface area contributed by atoms with Crippen LogP contribution in [0.15, 0.2) is 0 Å². The van der Waals surface area contributed by atoms with E-state index in [2.05, 4.69) is 17.3 Å². The van der Waals surface area contributed by atoms with Crippen molar-refractivity contribution in [2.24, 2.45) is 5.92 Å². The number of hydrogen-bond donors (Lipinski definition) is 3. The van der Waals surface area contributed by atoms with E-state index in [4.69, 9.17) is 5.11 Å². The van der Waals surface area contributed by atoms with Crippen molar-refractivity contribution in [3.05, 3.63) is 0 Å². The summed E-state index contributed by atoms with van der Waals surface area (Å²) in [6.07, 6.45) is 1.56. The molecule has 0 aromatic heterocycles. The molecule has 2 aliphatic heterocycles. The number of nitrogens with zero attached hydrogens (tertiary/aromatic N) is 2. The summed E-state index contributed by atoms with van der Waals surface area (Å²) in [4.78, 5) is 26.6. The zero-order valence-electron chi connectivity index (χ0n) is 11.8. The minimum absolute atomic E-state index is 0.0906. The van der Waals surface area contributed by atoms with Gasteiger partial charge in [0, 0.05) is 26.1 Å². The number of hydrogen-bond acceptors (Lipinski definition) is 4. The van der Waals surface area contributed by atoms with E-state index in [1.807, 2.05) is 0 Å². The minimum Gasteiger partial charge on any atom is -0.480 e. The zero-order valence-corrected chi connectivity index (χ0v) is 11.8. The monoisotopic (exact) mass is 285 g/mol. The molecule has 7 nitrogen and oxygen atoms in total. The van der Waals surface area contributed by atoms with Crippen LogP contribution in [0.1, 0.15) is 19.3 Å². The van der Waals surface area contributed by atoms with E-state index in [0.29, 0.717) is 12.5 Å². The summed E-state index contributed by atoms with van der Waals surface area (Å²) >= 11 is 0. The lowest BCUT2D eigenvalue weighted by molar-refractivity contribution is -0.141. The van der Waals surface area contributed by atoms with Gasteiger partial charge < -0.3 is 25.3 Å². The Morgan fingerprint density at radius 3 is 2.75 bits per heavy atom. The number of amides is 2. The minimum atomic E-state index is -1.06. The number of β-amino-alcohol motifs (C(OH)–C–C–N with tert-alkyl or cyclic N) is 1. The van der Waals surface area contributed by atoms with Crippen LogP contribution < -0.4 is 5.32 Å². The van der Waals surface area contributed by atoms with Gasteiger partial charge in [-0.05, 0) is 32.4 Å². The molecule has 0 aromatic carbocycles. The fourth-order valence-corrected chi connectivity index (χ4v) is 3.05. The van der Waals surface area contributed by atoms with Crippen molar-refractivity contribution < 1.29 is 19.8 Å². The van der Waals surface area contributed by atoms with Gasteiger partial charge in [-0.1, -0.05) is 0 Å². The van der Waals surface area contributed by atoms with Crippen LogP contribution in [0.25, 0.3) is 0 Å². The summed E-state index contributed by atoms with van der Waals surface area (Å²) < 4.78 is 0. The van der Waals surface area contributed by atoms with Gasteiger partial charge in [-0.3, -0.25) is 0 Å². The number of nitrogens with one attached hydrogen (secondary N) is 1. The lowest BCUT2D eigenvalue weighted by Crippen LogP contribution is -2.48. The van der Waals surface area contributed by atoms with E-state index in [-0.39, 0.29) is 19.0 Å². The van der Waals surface area contributed by atoms with Gasteiger partial charge >= 0.3 is 12.0 Å². The number of carbonyl (C=O) groups excluding carboxylic acids is 1. The third-order valence-electron chi connectivity index (χ3n) is 4.09. The molecule has 3 atom stereocenters. The Morgan fingerprint density at radius 2 is 2.10 bits per heavy atom. The van der Waals surface area contributed by atoms with E-state index in [1.165, 1.54) is 4.90 Å². The molecule has 0 bridgehead atoms. The van der Waals surface area contributed by atoms with Gasteiger partial charge in [0.15, 0.2) is 0 Å². The highest BCUT2D eigenvalue weighted by Gasteiger charge is 2.39. The predicted molar refractivity (Wildman–Crippen MR) is 72.4 cm³/mol. The second-order valence-corrected chi connectivity index (χ2v) is 5.85. The lowest BCUT2D eigenvalue weighted by atomic mass is 9.99. The molecular weight excluding hydrogens is 262 g/mol. The van der Waals surface area contributed by atoms with Gasteiger partial charge in [-0.25, -0.2) is 9.59 Å². The molecule has 2 fully saturated rings. The van der Waals surface area contributed by atoms with Gasteiger partial charge in [0.2, 0.25) is 0 Å². The van der Waals surface area contributed by atoms with Crippen LogP contribution in [0.3, 0.4) is 0 Å². The number of aliphatic hydroxyl groups is 1. The molecule has 2 rings (SSSR count). The van der Waals surface area contributed by atoms with Crippen LogP contribution in [0.5, 0.6) is 0 Å². The largest absolute Gasteiger partial charge is 0.480 e. The first kappa shape index (κ1) is 15.1. The number of likely N-dealkylation sites (tertiary alicyclic amines) is 2. The predicted octanol–water partition coefficient (Wildman–Crippen LogP) is -0.442. The number of aliphatic hydroxyl groups excluding tert-OH is 1. The molecule has 0 aromatic rings. The smallest absolute Gasteiger partial charge is 0.326 e. The third-order valence-corrected chi connectivity index (χ3v) is 4.09. The molecule has 3 N–H and O–H groups in total. The highest BCUT2D eigenvalue weighted by molar-refractivity contribution is 5.83. The van der Waals surface area contributed by atoms with Gasteiger partial charge in [0.05, 0.1) is 6.10 Å². The summed E-state index contributed by atoms with van der Waals surface area (Å²) in [6, 6.07) is -1.30. The molecule has 7 heteroatoms. The van der Waals surface area contributed by atoms with Crippen molar-refractivity contribution in [1.82, 2.24) is 15.1 Å². The van der Waals surface area contributed by atoms with Crippen molar-refractivity contribution in [2.45, 2.75) is 31.4 Å². The van der Waals surface area contributed by atoms with Crippen LogP contribution in [0.2, 0.25) is 0 Å². The number of piperidine rings is 1. The number of carboxylic acid groups (broad SMARTS) is 1. The Labute approximate surface area is 118 Å². The number of aliphatic carboxylic acids is 1. The van der Waals surface area contributed by atoms with E-state index in [1.54, 1.807) is 0 Å². The Bertz CT molecular complexity index is 377. The summed E-state index contributed by atoms with van der Waals surface area (Å²) in [5, 5.41) is 21.4.